The minimum atomic E-state index is 0.626. The molecule has 1 aliphatic heterocycles. The smallest absolute Gasteiger partial charge is 0.176 e. The van der Waals surface area contributed by atoms with E-state index in [1.165, 1.54) is 12.8 Å². The van der Waals surface area contributed by atoms with E-state index in [-0.39, 0.29) is 0 Å². The van der Waals surface area contributed by atoms with Gasteiger partial charge in [0, 0.05) is 35.9 Å². The molecule has 3 rings (SSSR count). The Labute approximate surface area is 105 Å². The van der Waals surface area contributed by atoms with E-state index in [0.717, 1.165) is 16.1 Å². The first-order chi connectivity index (χ1) is 8.24. The number of hydrogen-bond donors (Lipinski definition) is 0. The average Bonchev–Trinajstić information content (AvgIpc) is 2.87. The molecule has 1 fully saturated rings. The van der Waals surface area contributed by atoms with Crippen molar-refractivity contribution in [1.82, 2.24) is 9.29 Å². The Hall–Kier alpha value is -1.00. The van der Waals surface area contributed by atoms with E-state index in [2.05, 4.69) is 29.2 Å². The molecule has 1 saturated heterocycles. The fraction of sp³-hybridized carbons (Fsp3) is 0.462. The van der Waals surface area contributed by atoms with Crippen LogP contribution in [-0.4, -0.2) is 21.4 Å². The van der Waals surface area contributed by atoms with E-state index in [0.29, 0.717) is 12.1 Å². The summed E-state index contributed by atoms with van der Waals surface area (Å²) in [6.45, 7) is 4.56. The van der Waals surface area contributed by atoms with Gasteiger partial charge in [-0.05, 0) is 44.7 Å². The van der Waals surface area contributed by atoms with Crippen LogP contribution in [0.1, 0.15) is 26.7 Å². The van der Waals surface area contributed by atoms with Crippen LogP contribution in [0.4, 0.5) is 0 Å². The first-order valence-electron chi connectivity index (χ1n) is 6.04. The number of nitrogens with zero attached hydrogens (tertiary/aromatic N) is 2. The van der Waals surface area contributed by atoms with Crippen LogP contribution in [-0.2, 0) is 0 Å². The van der Waals surface area contributed by atoms with E-state index in [4.69, 9.17) is 4.42 Å². The summed E-state index contributed by atoms with van der Waals surface area (Å²) in [6.07, 6.45) is 6.16. The van der Waals surface area contributed by atoms with Gasteiger partial charge in [0.1, 0.15) is 5.58 Å². The molecule has 0 aromatic carbocycles. The lowest BCUT2D eigenvalue weighted by atomic mass is 10.2. The molecule has 0 radical (unpaired) electrons. The SMILES string of the molecule is C[C@@H]1CC[C@H](C)N1Sc1cc2cnccc2o1. The molecule has 3 nitrogen and oxygen atoms in total. The molecule has 4 heteroatoms. The standard InChI is InChI=1S/C13H16N2OS/c1-9-3-4-10(2)15(9)17-13-7-11-8-14-6-5-12(11)16-13/h5-10H,3-4H2,1-2H3/t9-,10+. The second-order valence-corrected chi connectivity index (χ2v) is 5.71. The maximum Gasteiger partial charge on any atom is 0.176 e. The number of hydrogen-bond acceptors (Lipinski definition) is 4. The third-order valence-electron chi connectivity index (χ3n) is 3.36. The zero-order chi connectivity index (χ0) is 11.8. The lowest BCUT2D eigenvalue weighted by Crippen LogP contribution is -2.25. The normalized spacial score (nSPS) is 25.8. The minimum Gasteiger partial charge on any atom is -0.448 e. The maximum absolute atomic E-state index is 5.81. The highest BCUT2D eigenvalue weighted by Gasteiger charge is 2.29. The molecule has 2 aromatic heterocycles. The second-order valence-electron chi connectivity index (χ2n) is 4.71. The van der Waals surface area contributed by atoms with Gasteiger partial charge in [-0.2, -0.15) is 0 Å². The first-order valence-corrected chi connectivity index (χ1v) is 6.81. The quantitative estimate of drug-likeness (QED) is 0.758. The molecule has 0 amide bonds. The van der Waals surface area contributed by atoms with Crippen molar-refractivity contribution in [3.8, 4) is 0 Å². The summed E-state index contributed by atoms with van der Waals surface area (Å²) < 4.78 is 8.24. The topological polar surface area (TPSA) is 29.3 Å². The van der Waals surface area contributed by atoms with Crippen molar-refractivity contribution >= 4 is 22.9 Å². The van der Waals surface area contributed by atoms with Crippen LogP contribution in [0.5, 0.6) is 0 Å². The number of pyridine rings is 1. The summed E-state index contributed by atoms with van der Waals surface area (Å²) in [6, 6.07) is 5.24. The number of fused-ring (bicyclic) bond motifs is 1. The molecule has 90 valence electrons. The fourth-order valence-electron chi connectivity index (χ4n) is 2.36. The molecule has 17 heavy (non-hydrogen) atoms. The third-order valence-corrected chi connectivity index (χ3v) is 4.67. The third kappa shape index (κ3) is 2.07. The Morgan fingerprint density at radius 1 is 1.35 bits per heavy atom. The fourth-order valence-corrected chi connectivity index (χ4v) is 3.45. The van der Waals surface area contributed by atoms with Crippen molar-refractivity contribution < 1.29 is 4.42 Å². The van der Waals surface area contributed by atoms with Gasteiger partial charge in [-0.1, -0.05) is 0 Å². The molecule has 3 heterocycles. The zero-order valence-electron chi connectivity index (χ0n) is 10.1. The molecule has 2 atom stereocenters. The number of furan rings is 1. The Morgan fingerprint density at radius 2 is 2.12 bits per heavy atom. The largest absolute Gasteiger partial charge is 0.448 e. The van der Waals surface area contributed by atoms with Gasteiger partial charge >= 0.3 is 0 Å². The lowest BCUT2D eigenvalue weighted by molar-refractivity contribution is 0.385. The van der Waals surface area contributed by atoms with Gasteiger partial charge in [0.05, 0.1) is 0 Å². The molecule has 0 saturated carbocycles. The number of rotatable bonds is 2. The van der Waals surface area contributed by atoms with Crippen LogP contribution in [0.25, 0.3) is 11.0 Å². The summed E-state index contributed by atoms with van der Waals surface area (Å²) in [7, 11) is 0. The summed E-state index contributed by atoms with van der Waals surface area (Å²) in [5.74, 6) is 0. The van der Waals surface area contributed by atoms with Crippen molar-refractivity contribution in [3.63, 3.8) is 0 Å². The van der Waals surface area contributed by atoms with Gasteiger partial charge in [0.15, 0.2) is 5.09 Å². The maximum atomic E-state index is 5.81. The van der Waals surface area contributed by atoms with Crippen molar-refractivity contribution in [1.29, 1.82) is 0 Å². The van der Waals surface area contributed by atoms with E-state index in [1.54, 1.807) is 18.1 Å². The van der Waals surface area contributed by atoms with Crippen LogP contribution < -0.4 is 0 Å². The lowest BCUT2D eigenvalue weighted by Gasteiger charge is -2.22. The van der Waals surface area contributed by atoms with Crippen LogP contribution in [0.3, 0.4) is 0 Å². The summed E-state index contributed by atoms with van der Waals surface area (Å²) in [5, 5.41) is 2.04. The van der Waals surface area contributed by atoms with Gasteiger partial charge in [-0.15, -0.1) is 0 Å². The molecule has 1 aliphatic rings. The Balaban J connectivity index is 1.85. The predicted octanol–water partition coefficient (Wildman–Crippen LogP) is 3.71. The molecule has 2 aromatic rings. The Bertz CT molecular complexity index is 482. The molecule has 0 bridgehead atoms. The monoisotopic (exact) mass is 248 g/mol. The summed E-state index contributed by atoms with van der Waals surface area (Å²) >= 11 is 1.73. The van der Waals surface area contributed by atoms with Crippen molar-refractivity contribution in [2.24, 2.45) is 0 Å². The van der Waals surface area contributed by atoms with E-state index >= 15 is 0 Å². The van der Waals surface area contributed by atoms with Crippen LogP contribution in [0.15, 0.2) is 34.0 Å². The summed E-state index contributed by atoms with van der Waals surface area (Å²) in [4.78, 5) is 4.11. The van der Waals surface area contributed by atoms with Crippen LogP contribution in [0, 0.1) is 0 Å². The second kappa shape index (κ2) is 4.35. The Morgan fingerprint density at radius 3 is 2.82 bits per heavy atom. The van der Waals surface area contributed by atoms with Crippen LogP contribution in [0.2, 0.25) is 0 Å². The first kappa shape index (κ1) is 11.1. The molecular formula is C13H16N2OS. The van der Waals surface area contributed by atoms with Gasteiger partial charge < -0.3 is 4.42 Å². The van der Waals surface area contributed by atoms with E-state index < -0.39 is 0 Å². The molecule has 0 aliphatic carbocycles. The Kier molecular flexibility index (Phi) is 2.84. The average molecular weight is 248 g/mol. The molecule has 0 spiro atoms. The van der Waals surface area contributed by atoms with Crippen molar-refractivity contribution in [2.75, 3.05) is 0 Å². The zero-order valence-corrected chi connectivity index (χ0v) is 10.9. The van der Waals surface area contributed by atoms with Gasteiger partial charge in [-0.3, -0.25) is 4.98 Å². The number of aromatic nitrogens is 1. The highest BCUT2D eigenvalue weighted by atomic mass is 32.2. The van der Waals surface area contributed by atoms with Crippen molar-refractivity contribution in [2.45, 2.75) is 43.9 Å². The molecule has 0 unspecified atom stereocenters. The minimum absolute atomic E-state index is 0.626. The molecule has 0 N–H and O–H groups in total. The van der Waals surface area contributed by atoms with Crippen molar-refractivity contribution in [3.05, 3.63) is 24.5 Å². The van der Waals surface area contributed by atoms with E-state index in [9.17, 15) is 0 Å². The van der Waals surface area contributed by atoms with E-state index in [1.807, 2.05) is 12.3 Å². The summed E-state index contributed by atoms with van der Waals surface area (Å²) in [5.41, 5.74) is 0.919. The van der Waals surface area contributed by atoms with Crippen LogP contribution >= 0.6 is 11.9 Å². The highest BCUT2D eigenvalue weighted by molar-refractivity contribution is 7.97. The van der Waals surface area contributed by atoms with Gasteiger partial charge in [0.25, 0.3) is 0 Å². The predicted molar refractivity (Wildman–Crippen MR) is 69.9 cm³/mol. The molecular weight excluding hydrogens is 232 g/mol. The van der Waals surface area contributed by atoms with Gasteiger partial charge in [-0.25, -0.2) is 4.31 Å². The highest BCUT2D eigenvalue weighted by Crippen LogP contribution is 2.37. The van der Waals surface area contributed by atoms with Gasteiger partial charge in [0.2, 0.25) is 0 Å².